The van der Waals surface area contributed by atoms with Crippen LogP contribution in [0.2, 0.25) is 5.02 Å². The van der Waals surface area contributed by atoms with Gasteiger partial charge in [0.25, 0.3) is 21.8 Å². The van der Waals surface area contributed by atoms with Crippen LogP contribution >= 0.6 is 11.6 Å². The standard InChI is InChI=1S/C40H42ClN5O4S/c1-24-9-13-34-28(19-24)30-22-43(3)17-15-36(30)45(34)39(47)26-11-12-32(41)38(21-26)51(49,50)42-33-8-6-5-7-27(33)40(48)46-35-14-10-25(2)20-29(35)31-23-44(4)18-16-37(31)46/h5-14,19-21,30-31,36-37,42H,15-18,22-23H2,1-4H3/t30-,31-,36-,37-/m0/s1. The van der Waals surface area contributed by atoms with E-state index in [1.54, 1.807) is 30.3 Å². The summed E-state index contributed by atoms with van der Waals surface area (Å²) in [4.78, 5) is 36.9. The monoisotopic (exact) mass is 723 g/mol. The van der Waals surface area contributed by atoms with Crippen molar-refractivity contribution in [2.45, 2.75) is 55.5 Å². The number of anilines is 3. The summed E-state index contributed by atoms with van der Waals surface area (Å²) in [6.45, 7) is 7.52. The first-order chi connectivity index (χ1) is 24.4. The van der Waals surface area contributed by atoms with Crippen LogP contribution in [-0.2, 0) is 10.0 Å². The number of hydrogen-bond acceptors (Lipinski definition) is 6. The van der Waals surface area contributed by atoms with Gasteiger partial charge < -0.3 is 19.6 Å². The molecule has 4 aromatic carbocycles. The lowest BCUT2D eigenvalue weighted by molar-refractivity contribution is 0.0957. The summed E-state index contributed by atoms with van der Waals surface area (Å²) in [7, 11) is -0.133. The van der Waals surface area contributed by atoms with Crippen LogP contribution in [-0.4, -0.2) is 82.4 Å². The molecule has 4 atom stereocenters. The minimum Gasteiger partial charge on any atom is -0.306 e. The summed E-state index contributed by atoms with van der Waals surface area (Å²) >= 11 is 6.57. The zero-order valence-corrected chi connectivity index (χ0v) is 30.8. The van der Waals surface area contributed by atoms with Crippen molar-refractivity contribution >= 4 is 50.5 Å². The SMILES string of the molecule is Cc1ccc2c(c1)[C@@H]1CN(C)CC[C@@H]1N2C(=O)c1ccc(Cl)c(S(=O)(=O)Nc2ccccc2C(=O)N2c3ccc(C)cc3[C@@H]3CN(C)CC[C@@H]32)c1. The Morgan fingerprint density at radius 1 is 0.725 bits per heavy atom. The molecule has 1 N–H and O–H groups in total. The average molecular weight is 724 g/mol. The molecule has 0 radical (unpaired) electrons. The summed E-state index contributed by atoms with van der Waals surface area (Å²) in [6.07, 6.45) is 1.62. The maximum atomic E-state index is 14.5. The third-order valence-corrected chi connectivity index (χ3v) is 13.1. The molecule has 4 aliphatic heterocycles. The highest BCUT2D eigenvalue weighted by Gasteiger charge is 2.46. The molecular formula is C40H42ClN5O4S. The fourth-order valence-corrected chi connectivity index (χ4v) is 10.4. The molecule has 0 spiro atoms. The zero-order valence-electron chi connectivity index (χ0n) is 29.3. The lowest BCUT2D eigenvalue weighted by atomic mass is 9.88. The van der Waals surface area contributed by atoms with Gasteiger partial charge in [-0.3, -0.25) is 14.3 Å². The molecule has 0 bridgehead atoms. The van der Waals surface area contributed by atoms with Crippen molar-refractivity contribution < 1.29 is 18.0 Å². The number of nitrogens with zero attached hydrogens (tertiary/aromatic N) is 4. The van der Waals surface area contributed by atoms with E-state index < -0.39 is 10.0 Å². The number of hydrogen-bond donors (Lipinski definition) is 1. The quantitative estimate of drug-likeness (QED) is 0.248. The van der Waals surface area contributed by atoms with Crippen LogP contribution in [0, 0.1) is 13.8 Å². The van der Waals surface area contributed by atoms with Crippen molar-refractivity contribution in [1.82, 2.24) is 9.80 Å². The van der Waals surface area contributed by atoms with Crippen LogP contribution in [0.25, 0.3) is 0 Å². The van der Waals surface area contributed by atoms with E-state index in [0.29, 0.717) is 0 Å². The first-order valence-corrected chi connectivity index (χ1v) is 19.4. The number of carbonyl (C=O) groups excluding carboxylic acids is 2. The number of amides is 2. The minimum absolute atomic E-state index is 0.0181. The molecule has 9 nitrogen and oxygen atoms in total. The number of likely N-dealkylation sites (tertiary alicyclic amines) is 2. The fraction of sp³-hybridized carbons (Fsp3) is 0.350. The first kappa shape index (κ1) is 33.9. The van der Waals surface area contributed by atoms with E-state index in [1.807, 2.05) is 34.1 Å². The third kappa shape index (κ3) is 5.82. The summed E-state index contributed by atoms with van der Waals surface area (Å²) < 4.78 is 31.0. The molecular weight excluding hydrogens is 682 g/mol. The van der Waals surface area contributed by atoms with Crippen LogP contribution in [0.5, 0.6) is 0 Å². The third-order valence-electron chi connectivity index (χ3n) is 11.2. The van der Waals surface area contributed by atoms with Crippen molar-refractivity contribution in [2.75, 3.05) is 54.8 Å². The number of carbonyl (C=O) groups is 2. The summed E-state index contributed by atoms with van der Waals surface area (Å²) in [5.74, 6) is -0.190. The maximum Gasteiger partial charge on any atom is 0.263 e. The number of halogens is 1. The normalized spacial score (nSPS) is 23.0. The summed E-state index contributed by atoms with van der Waals surface area (Å²) in [5, 5.41) is -0.0181. The topological polar surface area (TPSA) is 93.3 Å². The highest BCUT2D eigenvalue weighted by molar-refractivity contribution is 7.92. The second-order valence-electron chi connectivity index (χ2n) is 14.7. The van der Waals surface area contributed by atoms with Gasteiger partial charge in [0.2, 0.25) is 0 Å². The Labute approximate surface area is 304 Å². The molecule has 51 heavy (non-hydrogen) atoms. The largest absolute Gasteiger partial charge is 0.306 e. The fourth-order valence-electron chi connectivity index (χ4n) is 8.76. The molecule has 2 amide bonds. The summed E-state index contributed by atoms with van der Waals surface area (Å²) in [6, 6.07) is 23.4. The molecule has 264 valence electrons. The molecule has 4 aliphatic rings. The van der Waals surface area contributed by atoms with Gasteiger partial charge in [-0.2, -0.15) is 0 Å². The number of sulfonamides is 1. The van der Waals surface area contributed by atoms with Crippen LogP contribution in [0.1, 0.15) is 67.6 Å². The average Bonchev–Trinajstić information content (AvgIpc) is 3.59. The van der Waals surface area contributed by atoms with Crippen molar-refractivity contribution in [3.8, 4) is 0 Å². The van der Waals surface area contributed by atoms with Gasteiger partial charge in [0.15, 0.2) is 0 Å². The van der Waals surface area contributed by atoms with Gasteiger partial charge in [-0.05, 0) is 107 Å². The van der Waals surface area contributed by atoms with Crippen LogP contribution in [0.4, 0.5) is 17.1 Å². The van der Waals surface area contributed by atoms with Crippen molar-refractivity contribution in [3.05, 3.63) is 117 Å². The first-order valence-electron chi connectivity index (χ1n) is 17.6. The van der Waals surface area contributed by atoms with Gasteiger partial charge in [0, 0.05) is 53.9 Å². The van der Waals surface area contributed by atoms with E-state index in [1.165, 1.54) is 12.1 Å². The maximum absolute atomic E-state index is 14.5. The lowest BCUT2D eigenvalue weighted by Gasteiger charge is -2.36. The van der Waals surface area contributed by atoms with Gasteiger partial charge in [0.05, 0.1) is 16.3 Å². The smallest absolute Gasteiger partial charge is 0.263 e. The van der Waals surface area contributed by atoms with E-state index in [0.717, 1.165) is 72.6 Å². The highest BCUT2D eigenvalue weighted by Crippen LogP contribution is 2.47. The number of rotatable bonds is 5. The molecule has 0 saturated carbocycles. The minimum atomic E-state index is -4.33. The second-order valence-corrected chi connectivity index (χ2v) is 16.8. The lowest BCUT2D eigenvalue weighted by Crippen LogP contribution is -2.47. The van der Waals surface area contributed by atoms with Gasteiger partial charge in [-0.15, -0.1) is 0 Å². The highest BCUT2D eigenvalue weighted by atomic mass is 35.5. The van der Waals surface area contributed by atoms with E-state index in [2.05, 4.69) is 54.6 Å². The number of nitrogens with one attached hydrogen (secondary N) is 1. The van der Waals surface area contributed by atoms with Gasteiger partial charge in [-0.25, -0.2) is 8.42 Å². The zero-order chi connectivity index (χ0) is 35.8. The number of fused-ring (bicyclic) bond motifs is 6. The number of para-hydroxylation sites is 1. The number of benzene rings is 4. The number of piperidine rings is 2. The van der Waals surface area contributed by atoms with Crippen molar-refractivity contribution in [3.63, 3.8) is 0 Å². The van der Waals surface area contributed by atoms with E-state index in [9.17, 15) is 18.0 Å². The molecule has 11 heteroatoms. The van der Waals surface area contributed by atoms with Gasteiger partial charge in [-0.1, -0.05) is 59.1 Å². The predicted molar refractivity (Wildman–Crippen MR) is 202 cm³/mol. The molecule has 4 aromatic rings. The molecule has 0 aromatic heterocycles. The molecule has 2 fully saturated rings. The Hall–Kier alpha value is -4.22. The van der Waals surface area contributed by atoms with Crippen LogP contribution < -0.4 is 14.5 Å². The molecule has 0 aliphatic carbocycles. The number of likely N-dealkylation sites (N-methyl/N-ethyl adjacent to an activating group) is 2. The van der Waals surface area contributed by atoms with E-state index in [4.69, 9.17) is 11.6 Å². The van der Waals surface area contributed by atoms with Crippen molar-refractivity contribution in [2.24, 2.45) is 0 Å². The van der Waals surface area contributed by atoms with E-state index >= 15 is 0 Å². The number of aryl methyl sites for hydroxylation is 2. The second kappa shape index (κ2) is 12.8. The molecule has 0 unspecified atom stereocenters. The summed E-state index contributed by atoms with van der Waals surface area (Å²) in [5.41, 5.74) is 6.92. The molecule has 8 rings (SSSR count). The Bertz CT molecular complexity index is 2190. The van der Waals surface area contributed by atoms with Crippen LogP contribution in [0.3, 0.4) is 0 Å². The molecule has 2 saturated heterocycles. The Kier molecular flexibility index (Phi) is 8.49. The van der Waals surface area contributed by atoms with Crippen molar-refractivity contribution in [1.29, 1.82) is 0 Å². The predicted octanol–water partition coefficient (Wildman–Crippen LogP) is 6.65. The van der Waals surface area contributed by atoms with Crippen LogP contribution in [0.15, 0.2) is 83.8 Å². The Morgan fingerprint density at radius 2 is 1.27 bits per heavy atom. The Balaban J connectivity index is 1.11. The van der Waals surface area contributed by atoms with E-state index in [-0.39, 0.29) is 62.5 Å². The van der Waals surface area contributed by atoms with Gasteiger partial charge in [0.1, 0.15) is 4.90 Å². The Morgan fingerprint density at radius 3 is 1.86 bits per heavy atom. The van der Waals surface area contributed by atoms with Gasteiger partial charge >= 0.3 is 0 Å². The molecule has 4 heterocycles.